The van der Waals surface area contributed by atoms with Crippen LogP contribution in [0.25, 0.3) is 10.9 Å². The Morgan fingerprint density at radius 3 is 2.43 bits per heavy atom. The van der Waals surface area contributed by atoms with Crippen molar-refractivity contribution in [2.75, 3.05) is 31.6 Å². The molecule has 0 bridgehead atoms. The van der Waals surface area contributed by atoms with Gasteiger partial charge in [-0.15, -0.1) is 0 Å². The van der Waals surface area contributed by atoms with Crippen LogP contribution in [0.2, 0.25) is 0 Å². The zero-order valence-electron chi connectivity index (χ0n) is 25.1. The third-order valence-corrected chi connectivity index (χ3v) is 8.08. The van der Waals surface area contributed by atoms with Crippen LogP contribution in [-0.4, -0.2) is 49.6 Å². The van der Waals surface area contributed by atoms with Gasteiger partial charge in [-0.3, -0.25) is 14.6 Å². The van der Waals surface area contributed by atoms with Crippen LogP contribution >= 0.6 is 0 Å². The number of nitrogens with zero attached hydrogens (tertiary/aromatic N) is 2. The molecule has 4 aromatic rings. The van der Waals surface area contributed by atoms with E-state index in [0.717, 1.165) is 37.6 Å². The number of nitrogens with one attached hydrogen (secondary N) is 1. The van der Waals surface area contributed by atoms with E-state index in [4.69, 9.17) is 19.9 Å². The molecule has 3 aromatic carbocycles. The van der Waals surface area contributed by atoms with Gasteiger partial charge in [0.05, 0.1) is 18.7 Å². The first-order valence-electron chi connectivity index (χ1n) is 14.7. The fourth-order valence-corrected chi connectivity index (χ4v) is 5.54. The Hall–Kier alpha value is -4.70. The molecule has 1 saturated heterocycles. The second-order valence-corrected chi connectivity index (χ2v) is 11.0. The smallest absolute Gasteiger partial charge is 0.316 e. The van der Waals surface area contributed by atoms with E-state index in [1.54, 1.807) is 31.5 Å². The molecular formula is C34H37FN4O5. The van der Waals surface area contributed by atoms with E-state index in [0.29, 0.717) is 34.1 Å². The van der Waals surface area contributed by atoms with Crippen molar-refractivity contribution in [2.45, 2.75) is 38.7 Å². The molecular weight excluding hydrogens is 563 g/mol. The van der Waals surface area contributed by atoms with E-state index < -0.39 is 17.6 Å². The zero-order valence-corrected chi connectivity index (χ0v) is 25.1. The molecule has 5 rings (SSSR count). The summed E-state index contributed by atoms with van der Waals surface area (Å²) >= 11 is 0. The molecule has 0 aliphatic carbocycles. The number of ether oxygens (including phenoxy) is 3. The van der Waals surface area contributed by atoms with Crippen molar-refractivity contribution in [1.29, 1.82) is 0 Å². The number of fused-ring (bicyclic) bond motifs is 1. The fourth-order valence-electron chi connectivity index (χ4n) is 5.54. The number of aromatic nitrogens is 1. The fraction of sp³-hybridized carbons (Fsp3) is 0.324. The van der Waals surface area contributed by atoms with Crippen LogP contribution in [0.3, 0.4) is 0 Å². The number of methoxy groups -OCH3 is 1. The van der Waals surface area contributed by atoms with Crippen molar-refractivity contribution in [3.05, 3.63) is 84.3 Å². The molecule has 0 radical (unpaired) electrons. The number of halogens is 1. The quantitative estimate of drug-likeness (QED) is 0.229. The number of piperidine rings is 1. The third-order valence-electron chi connectivity index (χ3n) is 8.08. The summed E-state index contributed by atoms with van der Waals surface area (Å²) in [6.07, 6.45) is 3.65. The second-order valence-electron chi connectivity index (χ2n) is 11.0. The molecule has 2 heterocycles. The third kappa shape index (κ3) is 6.92. The van der Waals surface area contributed by atoms with Crippen molar-refractivity contribution in [3.63, 3.8) is 0 Å². The summed E-state index contributed by atoms with van der Waals surface area (Å²) in [7, 11) is 1.57. The van der Waals surface area contributed by atoms with Gasteiger partial charge in [0.25, 0.3) is 0 Å². The number of pyridine rings is 1. The number of anilines is 1. The van der Waals surface area contributed by atoms with E-state index >= 15 is 4.39 Å². The van der Waals surface area contributed by atoms with Gasteiger partial charge in [0, 0.05) is 35.9 Å². The van der Waals surface area contributed by atoms with Gasteiger partial charge in [-0.05, 0) is 74.5 Å². The molecule has 44 heavy (non-hydrogen) atoms. The first kappa shape index (κ1) is 30.7. The lowest BCUT2D eigenvalue weighted by Crippen LogP contribution is -2.42. The maximum Gasteiger partial charge on any atom is 0.316 e. The number of nitrogens with two attached hydrogens (primary N) is 1. The van der Waals surface area contributed by atoms with Crippen molar-refractivity contribution >= 4 is 28.4 Å². The predicted molar refractivity (Wildman–Crippen MR) is 167 cm³/mol. The summed E-state index contributed by atoms with van der Waals surface area (Å²) in [6.45, 7) is 6.05. The molecule has 2 amide bonds. The van der Waals surface area contributed by atoms with Crippen LogP contribution in [0.4, 0.5) is 10.1 Å². The monoisotopic (exact) mass is 600 g/mol. The second kappa shape index (κ2) is 13.7. The minimum absolute atomic E-state index is 0.00724. The van der Waals surface area contributed by atoms with E-state index in [-0.39, 0.29) is 30.0 Å². The Balaban J connectivity index is 1.39. The highest BCUT2D eigenvalue weighted by Gasteiger charge is 2.26. The molecule has 2 unspecified atom stereocenters. The van der Waals surface area contributed by atoms with Crippen molar-refractivity contribution in [2.24, 2.45) is 11.7 Å². The number of benzene rings is 3. The van der Waals surface area contributed by atoms with Crippen LogP contribution in [0.1, 0.15) is 38.2 Å². The lowest BCUT2D eigenvalue weighted by atomic mass is 9.93. The topological polar surface area (TPSA) is 116 Å². The molecule has 3 N–H and O–H groups in total. The normalized spacial score (nSPS) is 14.9. The number of carbonyl (C=O) groups excluding carboxylic acids is 2. The molecule has 9 nitrogen and oxygen atoms in total. The summed E-state index contributed by atoms with van der Waals surface area (Å²) in [4.78, 5) is 30.3. The van der Waals surface area contributed by atoms with Crippen LogP contribution in [0.15, 0.2) is 72.9 Å². The Kier molecular flexibility index (Phi) is 9.59. The number of carbonyl (C=O) groups is 2. The molecule has 1 aliphatic heterocycles. The van der Waals surface area contributed by atoms with Crippen molar-refractivity contribution in [1.82, 2.24) is 10.3 Å². The highest BCUT2D eigenvalue weighted by Crippen LogP contribution is 2.39. The largest absolute Gasteiger partial charge is 0.493 e. The average molecular weight is 601 g/mol. The van der Waals surface area contributed by atoms with Gasteiger partial charge >= 0.3 is 11.8 Å². The number of rotatable bonds is 10. The van der Waals surface area contributed by atoms with Gasteiger partial charge in [0.2, 0.25) is 0 Å². The molecule has 10 heteroatoms. The summed E-state index contributed by atoms with van der Waals surface area (Å²) < 4.78 is 33.5. The van der Waals surface area contributed by atoms with Gasteiger partial charge < -0.3 is 30.2 Å². The van der Waals surface area contributed by atoms with Gasteiger partial charge in [0.15, 0.2) is 23.1 Å². The van der Waals surface area contributed by atoms with Gasteiger partial charge in [0.1, 0.15) is 5.75 Å². The molecule has 2 atom stereocenters. The molecule has 1 fully saturated rings. The van der Waals surface area contributed by atoms with Crippen molar-refractivity contribution in [3.8, 4) is 23.0 Å². The highest BCUT2D eigenvalue weighted by molar-refractivity contribution is 6.39. The Bertz CT molecular complexity index is 1630. The lowest BCUT2D eigenvalue weighted by Gasteiger charge is -2.29. The van der Waals surface area contributed by atoms with E-state index in [1.807, 2.05) is 37.3 Å². The first-order chi connectivity index (χ1) is 21.2. The number of hydrogen-bond donors (Lipinski definition) is 2. The zero-order chi connectivity index (χ0) is 31.2. The van der Waals surface area contributed by atoms with Crippen LogP contribution in [0.5, 0.6) is 23.0 Å². The minimum atomic E-state index is -1.13. The van der Waals surface area contributed by atoms with Crippen LogP contribution in [0, 0.1) is 11.7 Å². The summed E-state index contributed by atoms with van der Waals surface area (Å²) in [5.41, 5.74) is 7.08. The lowest BCUT2D eigenvalue weighted by molar-refractivity contribution is -0.135. The Morgan fingerprint density at radius 2 is 1.75 bits per heavy atom. The van der Waals surface area contributed by atoms with Gasteiger partial charge in [-0.2, -0.15) is 0 Å². The van der Waals surface area contributed by atoms with Crippen molar-refractivity contribution < 1.29 is 28.2 Å². The molecule has 230 valence electrons. The SMILES string of the molecule is COc1cc2c(Oc3ccc(N(CC(C)c4ccccc4)C(=O)C(N)=O)cc3F)ccnc2cc1OC(C)C1CCNCC1. The van der Waals surface area contributed by atoms with E-state index in [2.05, 4.69) is 17.2 Å². The predicted octanol–water partition coefficient (Wildman–Crippen LogP) is 5.56. The molecule has 1 aliphatic rings. The van der Waals surface area contributed by atoms with Gasteiger partial charge in [-0.1, -0.05) is 37.3 Å². The van der Waals surface area contributed by atoms with Gasteiger partial charge in [-0.25, -0.2) is 4.39 Å². The number of amides is 2. The van der Waals surface area contributed by atoms with E-state index in [9.17, 15) is 9.59 Å². The first-order valence-corrected chi connectivity index (χ1v) is 14.7. The average Bonchev–Trinajstić information content (AvgIpc) is 3.04. The summed E-state index contributed by atoms with van der Waals surface area (Å²) in [5.74, 6) is -1.10. The minimum Gasteiger partial charge on any atom is -0.493 e. The summed E-state index contributed by atoms with van der Waals surface area (Å²) in [6, 6.07) is 18.8. The Labute approximate surface area is 256 Å². The maximum atomic E-state index is 15.5. The number of hydrogen-bond acceptors (Lipinski definition) is 7. The van der Waals surface area contributed by atoms with Crippen LogP contribution < -0.4 is 30.2 Å². The number of primary amides is 1. The molecule has 0 saturated carbocycles. The van der Waals surface area contributed by atoms with E-state index in [1.165, 1.54) is 17.0 Å². The molecule has 1 aromatic heterocycles. The van der Waals surface area contributed by atoms with Crippen LogP contribution in [-0.2, 0) is 9.59 Å². The highest BCUT2D eigenvalue weighted by atomic mass is 19.1. The Morgan fingerprint density at radius 1 is 1.00 bits per heavy atom. The molecule has 0 spiro atoms. The standard InChI is InChI=1S/C34H37FN4O5/c1-21(23-7-5-4-6-8-23)20-39(34(41)33(36)40)25-9-10-30(27(35)17-25)44-29-13-16-38-28-19-32(31(42-3)18-26(28)29)43-22(2)24-11-14-37-15-12-24/h4-10,13,16-19,21-22,24,37H,11-12,14-15,20H2,1-3H3,(H2,36,40). The maximum absolute atomic E-state index is 15.5. The summed E-state index contributed by atoms with van der Waals surface area (Å²) in [5, 5.41) is 3.98.